The topological polar surface area (TPSA) is 46.5 Å². The van der Waals surface area contributed by atoms with Gasteiger partial charge in [-0.1, -0.05) is 6.07 Å². The van der Waals surface area contributed by atoms with Gasteiger partial charge >= 0.3 is 5.97 Å². The predicted octanol–water partition coefficient (Wildman–Crippen LogP) is 1.49. The van der Waals surface area contributed by atoms with Gasteiger partial charge in [0.1, 0.15) is 5.82 Å². The van der Waals surface area contributed by atoms with Crippen LogP contribution in [0.25, 0.3) is 0 Å². The smallest absolute Gasteiger partial charge is 0.338 e. The summed E-state index contributed by atoms with van der Waals surface area (Å²) in [6, 6.07) is 3.84. The van der Waals surface area contributed by atoms with Crippen LogP contribution < -0.4 is 0 Å². The van der Waals surface area contributed by atoms with E-state index in [1.165, 1.54) is 12.1 Å². The van der Waals surface area contributed by atoms with Crippen molar-refractivity contribution in [1.82, 2.24) is 0 Å². The maximum absolute atomic E-state index is 13.1. The van der Waals surface area contributed by atoms with Gasteiger partial charge in [-0.2, -0.15) is 0 Å². The van der Waals surface area contributed by atoms with Gasteiger partial charge in [0.05, 0.1) is 18.8 Å². The molecule has 76 valence electrons. The number of esters is 1. The van der Waals surface area contributed by atoms with Crippen LogP contribution in [0.15, 0.2) is 18.2 Å². The van der Waals surface area contributed by atoms with Gasteiger partial charge in [0.25, 0.3) is 0 Å². The molecule has 3 nitrogen and oxygen atoms in total. The van der Waals surface area contributed by atoms with Gasteiger partial charge < -0.3 is 9.84 Å². The summed E-state index contributed by atoms with van der Waals surface area (Å²) >= 11 is 0. The highest BCUT2D eigenvalue weighted by Gasteiger charge is 2.09. The molecule has 0 aliphatic heterocycles. The van der Waals surface area contributed by atoms with E-state index in [1.807, 2.05) is 0 Å². The minimum atomic E-state index is -0.599. The van der Waals surface area contributed by atoms with E-state index in [4.69, 9.17) is 5.11 Å². The van der Waals surface area contributed by atoms with E-state index >= 15 is 0 Å². The fourth-order valence-electron chi connectivity index (χ4n) is 1.02. The molecular weight excluding hydrogens is 187 g/mol. The highest BCUT2D eigenvalue weighted by Crippen LogP contribution is 2.11. The van der Waals surface area contributed by atoms with Gasteiger partial charge in [0.15, 0.2) is 0 Å². The molecule has 4 heteroatoms. The summed E-state index contributed by atoms with van der Waals surface area (Å²) in [5, 5.41) is 8.70. The Morgan fingerprint density at radius 2 is 2.29 bits per heavy atom. The third-order valence-corrected chi connectivity index (χ3v) is 1.73. The molecule has 14 heavy (non-hydrogen) atoms. The van der Waals surface area contributed by atoms with Gasteiger partial charge in [0, 0.05) is 5.56 Å². The highest BCUT2D eigenvalue weighted by molar-refractivity contribution is 5.89. The summed E-state index contributed by atoms with van der Waals surface area (Å²) < 4.78 is 17.8. The zero-order valence-corrected chi connectivity index (χ0v) is 7.79. The maximum atomic E-state index is 13.1. The SMILES string of the molecule is CCOC(=O)c1ccc(CO)c(F)c1. The molecule has 0 aliphatic rings. The number of aliphatic hydroxyl groups is 1. The van der Waals surface area contributed by atoms with E-state index in [0.717, 1.165) is 6.07 Å². The minimum Gasteiger partial charge on any atom is -0.462 e. The number of aliphatic hydroxyl groups excluding tert-OH is 1. The quantitative estimate of drug-likeness (QED) is 0.748. The fourth-order valence-corrected chi connectivity index (χ4v) is 1.02. The lowest BCUT2D eigenvalue weighted by molar-refractivity contribution is 0.0525. The summed E-state index contributed by atoms with van der Waals surface area (Å²) in [5.41, 5.74) is 0.319. The lowest BCUT2D eigenvalue weighted by atomic mass is 10.1. The monoisotopic (exact) mass is 198 g/mol. The Labute approximate surface area is 81.1 Å². The van der Waals surface area contributed by atoms with Crippen LogP contribution in [-0.4, -0.2) is 17.7 Å². The Morgan fingerprint density at radius 3 is 2.79 bits per heavy atom. The first-order valence-electron chi connectivity index (χ1n) is 4.25. The molecule has 0 saturated carbocycles. The maximum Gasteiger partial charge on any atom is 0.338 e. The van der Waals surface area contributed by atoms with Crippen molar-refractivity contribution in [2.45, 2.75) is 13.5 Å². The number of ether oxygens (including phenoxy) is 1. The average Bonchev–Trinajstić information content (AvgIpc) is 2.18. The molecule has 0 unspecified atom stereocenters. The average molecular weight is 198 g/mol. The second-order valence-electron chi connectivity index (χ2n) is 2.68. The Kier molecular flexibility index (Phi) is 3.59. The van der Waals surface area contributed by atoms with Crippen molar-refractivity contribution >= 4 is 5.97 Å². The number of hydrogen-bond donors (Lipinski definition) is 1. The zero-order valence-electron chi connectivity index (χ0n) is 7.79. The van der Waals surface area contributed by atoms with Crippen LogP contribution in [0.1, 0.15) is 22.8 Å². The first-order valence-corrected chi connectivity index (χ1v) is 4.25. The highest BCUT2D eigenvalue weighted by atomic mass is 19.1. The number of rotatable bonds is 3. The second-order valence-corrected chi connectivity index (χ2v) is 2.68. The van der Waals surface area contributed by atoms with Crippen LogP contribution >= 0.6 is 0 Å². The van der Waals surface area contributed by atoms with Crippen LogP contribution in [0.5, 0.6) is 0 Å². The van der Waals surface area contributed by atoms with E-state index in [0.29, 0.717) is 0 Å². The van der Waals surface area contributed by atoms with Crippen LogP contribution in [-0.2, 0) is 11.3 Å². The first-order chi connectivity index (χ1) is 6.69. The summed E-state index contributed by atoms with van der Waals surface area (Å²) in [7, 11) is 0. The number of hydrogen-bond acceptors (Lipinski definition) is 3. The minimum absolute atomic E-state index is 0.154. The predicted molar refractivity (Wildman–Crippen MR) is 48.3 cm³/mol. The Balaban J connectivity index is 2.91. The fraction of sp³-hybridized carbons (Fsp3) is 0.300. The summed E-state index contributed by atoms with van der Waals surface area (Å²) in [5.74, 6) is -1.16. The molecule has 0 aromatic heterocycles. The van der Waals surface area contributed by atoms with Crippen molar-refractivity contribution in [2.75, 3.05) is 6.61 Å². The zero-order chi connectivity index (χ0) is 10.6. The lowest BCUT2D eigenvalue weighted by Crippen LogP contribution is -2.05. The normalized spacial score (nSPS) is 9.93. The first kappa shape index (κ1) is 10.7. The molecule has 0 atom stereocenters. The molecular formula is C10H11FO3. The molecule has 1 rings (SSSR count). The molecule has 0 saturated heterocycles. The van der Waals surface area contributed by atoms with E-state index in [9.17, 15) is 9.18 Å². The molecule has 1 aromatic carbocycles. The van der Waals surface area contributed by atoms with Crippen LogP contribution in [0.4, 0.5) is 4.39 Å². The van der Waals surface area contributed by atoms with Gasteiger partial charge in [-0.05, 0) is 19.1 Å². The number of halogens is 1. The number of carbonyl (C=O) groups is 1. The van der Waals surface area contributed by atoms with Crippen molar-refractivity contribution < 1.29 is 19.0 Å². The van der Waals surface area contributed by atoms with Crippen LogP contribution in [0.3, 0.4) is 0 Å². The van der Waals surface area contributed by atoms with Crippen LogP contribution in [0.2, 0.25) is 0 Å². The number of carbonyl (C=O) groups excluding carboxylic acids is 1. The lowest BCUT2D eigenvalue weighted by Gasteiger charge is -2.03. The Hall–Kier alpha value is -1.42. The Morgan fingerprint density at radius 1 is 1.57 bits per heavy atom. The molecule has 0 amide bonds. The Bertz CT molecular complexity index is 336. The van der Waals surface area contributed by atoms with E-state index in [1.54, 1.807) is 6.92 Å². The van der Waals surface area contributed by atoms with E-state index in [-0.39, 0.29) is 24.3 Å². The van der Waals surface area contributed by atoms with Gasteiger partial charge in [-0.3, -0.25) is 0 Å². The van der Waals surface area contributed by atoms with Crippen LogP contribution in [0, 0.1) is 5.82 Å². The van der Waals surface area contributed by atoms with E-state index in [2.05, 4.69) is 4.74 Å². The van der Waals surface area contributed by atoms with Gasteiger partial charge in [0.2, 0.25) is 0 Å². The third kappa shape index (κ3) is 2.29. The van der Waals surface area contributed by atoms with Gasteiger partial charge in [-0.25, -0.2) is 9.18 Å². The number of benzene rings is 1. The van der Waals surface area contributed by atoms with Crippen molar-refractivity contribution in [3.05, 3.63) is 35.1 Å². The molecule has 1 N–H and O–H groups in total. The van der Waals surface area contributed by atoms with Crippen molar-refractivity contribution in [3.63, 3.8) is 0 Å². The van der Waals surface area contributed by atoms with Crippen molar-refractivity contribution in [2.24, 2.45) is 0 Å². The summed E-state index contributed by atoms with van der Waals surface area (Å²) in [6.07, 6.45) is 0. The molecule has 1 aromatic rings. The summed E-state index contributed by atoms with van der Waals surface area (Å²) in [6.45, 7) is 1.55. The molecule has 0 fully saturated rings. The van der Waals surface area contributed by atoms with Crippen molar-refractivity contribution in [3.8, 4) is 0 Å². The largest absolute Gasteiger partial charge is 0.462 e. The molecule has 0 bridgehead atoms. The standard InChI is InChI=1S/C10H11FO3/c1-2-14-10(13)7-3-4-8(6-12)9(11)5-7/h3-5,12H,2,6H2,1H3. The summed E-state index contributed by atoms with van der Waals surface area (Å²) in [4.78, 5) is 11.1. The molecule has 0 heterocycles. The van der Waals surface area contributed by atoms with Gasteiger partial charge in [-0.15, -0.1) is 0 Å². The van der Waals surface area contributed by atoms with Crippen molar-refractivity contribution in [1.29, 1.82) is 0 Å². The third-order valence-electron chi connectivity index (χ3n) is 1.73. The second kappa shape index (κ2) is 4.72. The molecule has 0 aliphatic carbocycles. The molecule has 0 spiro atoms. The molecule has 0 radical (unpaired) electrons. The van der Waals surface area contributed by atoms with E-state index < -0.39 is 11.8 Å².